The fourth-order valence-corrected chi connectivity index (χ4v) is 3.92. The van der Waals surface area contributed by atoms with Gasteiger partial charge < -0.3 is 19.7 Å². The van der Waals surface area contributed by atoms with Gasteiger partial charge in [-0.2, -0.15) is 0 Å². The van der Waals surface area contributed by atoms with Gasteiger partial charge >= 0.3 is 5.97 Å². The first-order chi connectivity index (χ1) is 17.5. The van der Waals surface area contributed by atoms with E-state index in [1.54, 1.807) is 30.3 Å². The highest BCUT2D eigenvalue weighted by atomic mass is 16.5. The summed E-state index contributed by atoms with van der Waals surface area (Å²) in [6.07, 6.45) is 7.00. The van der Waals surface area contributed by atoms with Crippen molar-refractivity contribution >= 4 is 22.8 Å². The van der Waals surface area contributed by atoms with Gasteiger partial charge in [0.2, 0.25) is 0 Å². The van der Waals surface area contributed by atoms with Crippen LogP contribution in [0.15, 0.2) is 84.9 Å². The molecule has 0 aromatic heterocycles. The van der Waals surface area contributed by atoms with Crippen molar-refractivity contribution in [1.29, 1.82) is 0 Å². The minimum Gasteiger partial charge on any atom is -0.508 e. The fraction of sp³-hybridized carbons (Fsp3) is 0.194. The molecule has 4 aromatic carbocycles. The van der Waals surface area contributed by atoms with Crippen LogP contribution in [-0.2, 0) is 9.53 Å². The number of aromatic hydroxyl groups is 2. The third kappa shape index (κ3) is 6.45. The largest absolute Gasteiger partial charge is 0.508 e. The highest BCUT2D eigenvalue weighted by molar-refractivity contribution is 5.96. The number of benzene rings is 4. The second-order valence-electron chi connectivity index (χ2n) is 8.60. The summed E-state index contributed by atoms with van der Waals surface area (Å²) in [6.45, 7) is 2.59. The van der Waals surface area contributed by atoms with E-state index in [0.29, 0.717) is 18.1 Å². The molecule has 0 amide bonds. The van der Waals surface area contributed by atoms with Crippen molar-refractivity contribution in [3.63, 3.8) is 0 Å². The standard InChI is InChI=1S/C31H30O5/c1-2-3-4-20-35-30(34)7-5-6-22-8-16-27(17-9-22)36-31-28(23-10-13-25(32)14-11-23)18-12-24-21-26(33)15-19-29(24)31/h5-6,8-19,21,32-33H,2-4,7,20H2,1H3. The number of unbranched alkanes of at least 4 members (excludes halogenated alkanes) is 2. The average Bonchev–Trinajstić information content (AvgIpc) is 2.88. The monoisotopic (exact) mass is 482 g/mol. The molecule has 5 heteroatoms. The molecule has 0 saturated heterocycles. The second-order valence-corrected chi connectivity index (χ2v) is 8.60. The van der Waals surface area contributed by atoms with Crippen molar-refractivity contribution in [3.8, 4) is 34.1 Å². The van der Waals surface area contributed by atoms with Crippen LogP contribution in [0.3, 0.4) is 0 Å². The Morgan fingerprint density at radius 3 is 2.36 bits per heavy atom. The van der Waals surface area contributed by atoms with Crippen LogP contribution < -0.4 is 4.74 Å². The lowest BCUT2D eigenvalue weighted by molar-refractivity contribution is -0.142. The Bertz CT molecular complexity index is 1340. The number of carbonyl (C=O) groups is 1. The van der Waals surface area contributed by atoms with Crippen LogP contribution in [-0.4, -0.2) is 22.8 Å². The molecule has 0 unspecified atom stereocenters. The lowest BCUT2D eigenvalue weighted by Crippen LogP contribution is -2.04. The van der Waals surface area contributed by atoms with E-state index in [1.807, 2.05) is 60.7 Å². The second kappa shape index (κ2) is 11.9. The van der Waals surface area contributed by atoms with Crippen LogP contribution in [0.25, 0.3) is 28.0 Å². The van der Waals surface area contributed by atoms with Crippen molar-refractivity contribution in [2.75, 3.05) is 6.61 Å². The summed E-state index contributed by atoms with van der Waals surface area (Å²) in [5.74, 6) is 1.48. The molecular formula is C31H30O5. The molecule has 0 bridgehead atoms. The topological polar surface area (TPSA) is 76.0 Å². The van der Waals surface area contributed by atoms with Crippen LogP contribution in [0, 0.1) is 0 Å². The minimum absolute atomic E-state index is 0.187. The summed E-state index contributed by atoms with van der Waals surface area (Å²) in [4.78, 5) is 11.8. The Kier molecular flexibility index (Phi) is 8.24. The number of carbonyl (C=O) groups excluding carboxylic acids is 1. The summed E-state index contributed by atoms with van der Waals surface area (Å²) >= 11 is 0. The van der Waals surface area contributed by atoms with Crippen LogP contribution in [0.2, 0.25) is 0 Å². The molecule has 5 nitrogen and oxygen atoms in total. The molecule has 0 aliphatic carbocycles. The summed E-state index contributed by atoms with van der Waals surface area (Å²) in [7, 11) is 0. The molecule has 0 atom stereocenters. The van der Waals surface area contributed by atoms with Gasteiger partial charge in [-0.1, -0.05) is 62.2 Å². The van der Waals surface area contributed by atoms with Gasteiger partial charge in [0.25, 0.3) is 0 Å². The lowest BCUT2D eigenvalue weighted by Gasteiger charge is -2.15. The Morgan fingerprint density at radius 2 is 1.61 bits per heavy atom. The zero-order chi connectivity index (χ0) is 25.3. The molecule has 0 spiro atoms. The van der Waals surface area contributed by atoms with Crippen molar-refractivity contribution in [3.05, 3.63) is 90.5 Å². The quantitative estimate of drug-likeness (QED) is 0.178. The molecule has 184 valence electrons. The number of esters is 1. The van der Waals surface area contributed by atoms with Gasteiger partial charge in [0.05, 0.1) is 13.0 Å². The average molecular weight is 483 g/mol. The smallest absolute Gasteiger partial charge is 0.309 e. The van der Waals surface area contributed by atoms with E-state index in [4.69, 9.17) is 9.47 Å². The summed E-state index contributed by atoms with van der Waals surface area (Å²) in [6, 6.07) is 23.6. The van der Waals surface area contributed by atoms with Crippen LogP contribution in [0.4, 0.5) is 0 Å². The van der Waals surface area contributed by atoms with E-state index in [9.17, 15) is 15.0 Å². The maximum Gasteiger partial charge on any atom is 0.309 e. The zero-order valence-electron chi connectivity index (χ0n) is 20.3. The van der Waals surface area contributed by atoms with E-state index in [0.717, 1.165) is 46.7 Å². The Hall–Kier alpha value is -4.25. The normalized spacial score (nSPS) is 11.1. The van der Waals surface area contributed by atoms with E-state index in [-0.39, 0.29) is 23.9 Å². The van der Waals surface area contributed by atoms with Gasteiger partial charge in [0.15, 0.2) is 0 Å². The zero-order valence-corrected chi connectivity index (χ0v) is 20.3. The van der Waals surface area contributed by atoms with Gasteiger partial charge in [-0.3, -0.25) is 4.79 Å². The maximum absolute atomic E-state index is 11.8. The third-order valence-corrected chi connectivity index (χ3v) is 5.84. The predicted molar refractivity (Wildman–Crippen MR) is 143 cm³/mol. The van der Waals surface area contributed by atoms with E-state index in [2.05, 4.69) is 6.92 Å². The van der Waals surface area contributed by atoms with Gasteiger partial charge in [-0.05, 0) is 71.5 Å². The highest BCUT2D eigenvalue weighted by Gasteiger charge is 2.13. The van der Waals surface area contributed by atoms with Crippen molar-refractivity contribution < 1.29 is 24.5 Å². The van der Waals surface area contributed by atoms with Crippen LogP contribution >= 0.6 is 0 Å². The van der Waals surface area contributed by atoms with E-state index < -0.39 is 0 Å². The summed E-state index contributed by atoms with van der Waals surface area (Å²) in [5.41, 5.74) is 2.72. The van der Waals surface area contributed by atoms with Gasteiger partial charge in [0, 0.05) is 10.9 Å². The SMILES string of the molecule is CCCCCOC(=O)CC=Cc1ccc(Oc2c(-c3ccc(O)cc3)ccc3cc(O)ccc23)cc1. The molecule has 0 heterocycles. The molecule has 0 radical (unpaired) electrons. The first-order valence-corrected chi connectivity index (χ1v) is 12.2. The number of phenolic OH excluding ortho intramolecular Hbond substituents is 2. The van der Waals surface area contributed by atoms with Gasteiger partial charge in [-0.25, -0.2) is 0 Å². The number of hydrogen-bond donors (Lipinski definition) is 2. The number of phenols is 2. The molecule has 4 aromatic rings. The van der Waals surface area contributed by atoms with E-state index >= 15 is 0 Å². The third-order valence-electron chi connectivity index (χ3n) is 5.84. The molecule has 0 aliphatic heterocycles. The number of ether oxygens (including phenoxy) is 2. The summed E-state index contributed by atoms with van der Waals surface area (Å²) < 4.78 is 11.6. The number of fused-ring (bicyclic) bond motifs is 1. The highest BCUT2D eigenvalue weighted by Crippen LogP contribution is 2.40. The maximum atomic E-state index is 11.8. The molecule has 2 N–H and O–H groups in total. The summed E-state index contributed by atoms with van der Waals surface area (Å²) in [5, 5.41) is 21.3. The Balaban J connectivity index is 1.51. The molecule has 0 aliphatic rings. The van der Waals surface area contributed by atoms with Crippen molar-refractivity contribution in [2.45, 2.75) is 32.6 Å². The predicted octanol–water partition coefficient (Wildman–Crippen LogP) is 7.85. The lowest BCUT2D eigenvalue weighted by atomic mass is 9.99. The van der Waals surface area contributed by atoms with Crippen molar-refractivity contribution in [1.82, 2.24) is 0 Å². The van der Waals surface area contributed by atoms with Gasteiger partial charge in [0.1, 0.15) is 23.0 Å². The number of hydrogen-bond acceptors (Lipinski definition) is 5. The van der Waals surface area contributed by atoms with Gasteiger partial charge in [-0.15, -0.1) is 0 Å². The Labute approximate surface area is 211 Å². The first-order valence-electron chi connectivity index (χ1n) is 12.2. The molecule has 0 saturated carbocycles. The minimum atomic E-state index is -0.217. The number of rotatable bonds is 10. The van der Waals surface area contributed by atoms with Crippen LogP contribution in [0.1, 0.15) is 38.2 Å². The molecule has 4 rings (SSSR count). The van der Waals surface area contributed by atoms with Crippen molar-refractivity contribution in [2.24, 2.45) is 0 Å². The Morgan fingerprint density at radius 1 is 0.861 bits per heavy atom. The first kappa shape index (κ1) is 24.9. The molecule has 36 heavy (non-hydrogen) atoms. The van der Waals surface area contributed by atoms with E-state index in [1.165, 1.54) is 0 Å². The van der Waals surface area contributed by atoms with Crippen LogP contribution in [0.5, 0.6) is 23.0 Å². The fourth-order valence-electron chi connectivity index (χ4n) is 3.92. The molecule has 0 fully saturated rings. The molecular weight excluding hydrogens is 452 g/mol.